The van der Waals surface area contributed by atoms with Crippen LogP contribution in [-0.2, 0) is 0 Å². The van der Waals surface area contributed by atoms with E-state index in [1.54, 1.807) is 0 Å². The zero-order chi connectivity index (χ0) is 18.4. The Morgan fingerprint density at radius 3 is 2.44 bits per heavy atom. The predicted octanol–water partition coefficient (Wildman–Crippen LogP) is 4.63. The van der Waals surface area contributed by atoms with E-state index >= 15 is 0 Å². The van der Waals surface area contributed by atoms with Crippen LogP contribution in [0.5, 0.6) is 17.2 Å². The lowest BCUT2D eigenvalue weighted by Crippen LogP contribution is -2.11. The van der Waals surface area contributed by atoms with E-state index in [-0.39, 0.29) is 22.9 Å². The third kappa shape index (κ3) is 4.79. The summed E-state index contributed by atoms with van der Waals surface area (Å²) in [6.07, 6.45) is 0. The van der Waals surface area contributed by atoms with Gasteiger partial charge >= 0.3 is 5.97 Å². The summed E-state index contributed by atoms with van der Waals surface area (Å²) in [5.74, 6) is 0.665. The molecule has 2 aromatic rings. The number of hydrogen-bond acceptors (Lipinski definition) is 4. The largest absolute Gasteiger partial charge is 0.493 e. The van der Waals surface area contributed by atoms with Gasteiger partial charge in [0.2, 0.25) is 0 Å². The average Bonchev–Trinajstić information content (AvgIpc) is 2.59. The molecule has 0 amide bonds. The molecular weight excluding hydrogens is 344 g/mol. The van der Waals surface area contributed by atoms with Gasteiger partial charge in [0, 0.05) is 0 Å². The summed E-state index contributed by atoms with van der Waals surface area (Å²) < 4.78 is 16.6. The molecule has 0 radical (unpaired) electrons. The number of halogens is 1. The lowest BCUT2D eigenvalue weighted by molar-refractivity contribution is 0.0696. The molecule has 0 unspecified atom stereocenters. The van der Waals surface area contributed by atoms with Crippen LogP contribution in [0.25, 0.3) is 0 Å². The number of hydrogen-bond donors (Lipinski definition) is 1. The van der Waals surface area contributed by atoms with Crippen molar-refractivity contribution in [2.45, 2.75) is 19.8 Å². The van der Waals surface area contributed by atoms with Gasteiger partial charge in [-0.2, -0.15) is 0 Å². The molecule has 6 heteroatoms. The molecule has 0 aromatic heterocycles. The van der Waals surface area contributed by atoms with E-state index < -0.39 is 5.97 Å². The molecule has 0 aliphatic rings. The van der Waals surface area contributed by atoms with Crippen molar-refractivity contribution in [3.63, 3.8) is 0 Å². The zero-order valence-corrected chi connectivity index (χ0v) is 15.2. The molecule has 0 spiro atoms. The fourth-order valence-corrected chi connectivity index (χ4v) is 2.63. The highest BCUT2D eigenvalue weighted by molar-refractivity contribution is 6.32. The Labute approximate surface area is 152 Å². The molecule has 0 atom stereocenters. The van der Waals surface area contributed by atoms with Crippen LogP contribution in [0.3, 0.4) is 0 Å². The first kappa shape index (κ1) is 18.9. The number of rotatable bonds is 8. The second-order valence-corrected chi connectivity index (χ2v) is 6.09. The third-order valence-corrected chi connectivity index (χ3v) is 3.89. The van der Waals surface area contributed by atoms with Crippen LogP contribution in [0.15, 0.2) is 36.4 Å². The Kier molecular flexibility index (Phi) is 6.53. The molecule has 0 aliphatic carbocycles. The van der Waals surface area contributed by atoms with E-state index in [1.165, 1.54) is 19.2 Å². The molecule has 134 valence electrons. The van der Waals surface area contributed by atoms with Crippen molar-refractivity contribution in [1.29, 1.82) is 0 Å². The number of carboxylic acid groups (broad SMARTS) is 1. The Bertz CT molecular complexity index is 743. The van der Waals surface area contributed by atoms with Crippen molar-refractivity contribution >= 4 is 17.6 Å². The SMILES string of the molecule is COc1cc(C(=O)O)cc(Cl)c1OCCOc1ccccc1C(C)C. The van der Waals surface area contributed by atoms with Crippen molar-refractivity contribution in [3.05, 3.63) is 52.5 Å². The third-order valence-electron chi connectivity index (χ3n) is 3.60. The van der Waals surface area contributed by atoms with Gasteiger partial charge in [-0.3, -0.25) is 0 Å². The van der Waals surface area contributed by atoms with Crippen molar-refractivity contribution in [1.82, 2.24) is 0 Å². The molecule has 25 heavy (non-hydrogen) atoms. The molecule has 2 rings (SSSR count). The van der Waals surface area contributed by atoms with Crippen LogP contribution < -0.4 is 14.2 Å². The molecular formula is C19H21ClO5. The number of carboxylic acids is 1. The molecule has 0 bridgehead atoms. The Morgan fingerprint density at radius 2 is 1.80 bits per heavy atom. The lowest BCUT2D eigenvalue weighted by atomic mass is 10.0. The van der Waals surface area contributed by atoms with Gasteiger partial charge in [-0.1, -0.05) is 43.6 Å². The van der Waals surface area contributed by atoms with E-state index in [2.05, 4.69) is 13.8 Å². The zero-order valence-electron chi connectivity index (χ0n) is 14.4. The highest BCUT2D eigenvalue weighted by atomic mass is 35.5. The summed E-state index contributed by atoms with van der Waals surface area (Å²) in [4.78, 5) is 11.1. The van der Waals surface area contributed by atoms with E-state index in [4.69, 9.17) is 30.9 Å². The van der Waals surface area contributed by atoms with Crippen LogP contribution in [0.1, 0.15) is 35.7 Å². The summed E-state index contributed by atoms with van der Waals surface area (Å²) in [6, 6.07) is 10.6. The number of benzene rings is 2. The molecule has 0 saturated carbocycles. The molecule has 0 fully saturated rings. The normalized spacial score (nSPS) is 10.6. The van der Waals surface area contributed by atoms with Crippen molar-refractivity contribution in [2.24, 2.45) is 0 Å². The van der Waals surface area contributed by atoms with Crippen LogP contribution in [0.4, 0.5) is 0 Å². The standard InChI is InChI=1S/C19H21ClO5/c1-12(2)14-6-4-5-7-16(14)24-8-9-25-18-15(20)10-13(19(21)22)11-17(18)23-3/h4-7,10-12H,8-9H2,1-3H3,(H,21,22). The summed E-state index contributed by atoms with van der Waals surface area (Å²) in [6.45, 7) is 4.78. The van der Waals surface area contributed by atoms with Crippen molar-refractivity contribution in [3.8, 4) is 17.2 Å². The Hall–Kier alpha value is -2.40. The molecule has 2 aromatic carbocycles. The van der Waals surface area contributed by atoms with Gasteiger partial charge in [-0.05, 0) is 29.7 Å². The molecule has 5 nitrogen and oxygen atoms in total. The first-order valence-corrected chi connectivity index (χ1v) is 8.27. The van der Waals surface area contributed by atoms with E-state index in [0.29, 0.717) is 18.3 Å². The van der Waals surface area contributed by atoms with E-state index in [0.717, 1.165) is 11.3 Å². The molecule has 0 saturated heterocycles. The van der Waals surface area contributed by atoms with Gasteiger partial charge in [0.25, 0.3) is 0 Å². The van der Waals surface area contributed by atoms with Crippen molar-refractivity contribution < 1.29 is 24.1 Å². The predicted molar refractivity (Wildman–Crippen MR) is 96.5 cm³/mol. The maximum Gasteiger partial charge on any atom is 0.335 e. The highest BCUT2D eigenvalue weighted by Crippen LogP contribution is 2.36. The Morgan fingerprint density at radius 1 is 1.12 bits per heavy atom. The quantitative estimate of drug-likeness (QED) is 0.692. The molecule has 1 N–H and O–H groups in total. The molecule has 0 heterocycles. The Balaban J connectivity index is 2.02. The van der Waals surface area contributed by atoms with Gasteiger partial charge in [0.05, 0.1) is 17.7 Å². The van der Waals surface area contributed by atoms with Crippen LogP contribution in [0, 0.1) is 0 Å². The fourth-order valence-electron chi connectivity index (χ4n) is 2.37. The monoisotopic (exact) mass is 364 g/mol. The van der Waals surface area contributed by atoms with Crippen molar-refractivity contribution in [2.75, 3.05) is 20.3 Å². The fraction of sp³-hybridized carbons (Fsp3) is 0.316. The maximum absolute atomic E-state index is 11.1. The number of aromatic carboxylic acids is 1. The maximum atomic E-state index is 11.1. The summed E-state index contributed by atoms with van der Waals surface area (Å²) in [7, 11) is 1.43. The number of carbonyl (C=O) groups is 1. The van der Waals surface area contributed by atoms with Gasteiger partial charge in [0.1, 0.15) is 19.0 Å². The van der Waals surface area contributed by atoms with E-state index in [9.17, 15) is 4.79 Å². The molecule has 0 aliphatic heterocycles. The van der Waals surface area contributed by atoms with Gasteiger partial charge < -0.3 is 19.3 Å². The summed E-state index contributed by atoms with van der Waals surface area (Å²) >= 11 is 6.11. The van der Waals surface area contributed by atoms with Gasteiger partial charge in [0.15, 0.2) is 11.5 Å². The minimum atomic E-state index is -1.08. The van der Waals surface area contributed by atoms with E-state index in [1.807, 2.05) is 24.3 Å². The number of methoxy groups -OCH3 is 1. The van der Waals surface area contributed by atoms with Gasteiger partial charge in [-0.25, -0.2) is 4.79 Å². The highest BCUT2D eigenvalue weighted by Gasteiger charge is 2.15. The van der Waals surface area contributed by atoms with Crippen LogP contribution >= 0.6 is 11.6 Å². The second-order valence-electron chi connectivity index (χ2n) is 5.68. The smallest absolute Gasteiger partial charge is 0.335 e. The van der Waals surface area contributed by atoms with Crippen LogP contribution in [0.2, 0.25) is 5.02 Å². The van der Waals surface area contributed by atoms with Gasteiger partial charge in [-0.15, -0.1) is 0 Å². The first-order chi connectivity index (χ1) is 11.9. The lowest BCUT2D eigenvalue weighted by Gasteiger charge is -2.16. The minimum absolute atomic E-state index is 0.0383. The summed E-state index contributed by atoms with van der Waals surface area (Å²) in [5.41, 5.74) is 1.17. The summed E-state index contributed by atoms with van der Waals surface area (Å²) in [5, 5.41) is 9.24. The first-order valence-electron chi connectivity index (χ1n) is 7.89. The average molecular weight is 365 g/mol. The number of para-hydroxylation sites is 1. The van der Waals surface area contributed by atoms with Crippen LogP contribution in [-0.4, -0.2) is 31.4 Å². The number of ether oxygens (including phenoxy) is 3. The minimum Gasteiger partial charge on any atom is -0.493 e. The second kappa shape index (κ2) is 8.62. The topological polar surface area (TPSA) is 65.0 Å².